The monoisotopic (exact) mass is 370 g/mol. The van der Waals surface area contributed by atoms with Crippen LogP contribution in [0, 0.1) is 5.82 Å². The van der Waals surface area contributed by atoms with Crippen LogP contribution in [0.5, 0.6) is 0 Å². The number of nitrogens with zero attached hydrogens (tertiary/aromatic N) is 2. The van der Waals surface area contributed by atoms with Crippen LogP contribution in [0.1, 0.15) is 0 Å². The van der Waals surface area contributed by atoms with Gasteiger partial charge in [0.05, 0.1) is 12.0 Å². The highest BCUT2D eigenvalue weighted by atomic mass is 79.9. The summed E-state index contributed by atoms with van der Waals surface area (Å²) in [5, 5.41) is 0. The highest BCUT2D eigenvalue weighted by molar-refractivity contribution is 9.10. The molecule has 21 heavy (non-hydrogen) atoms. The summed E-state index contributed by atoms with van der Waals surface area (Å²) in [4.78, 5) is 4.26. The van der Waals surface area contributed by atoms with E-state index in [0.717, 1.165) is 28.5 Å². The van der Waals surface area contributed by atoms with E-state index < -0.39 is 8.07 Å². The van der Waals surface area contributed by atoms with Crippen molar-refractivity contribution in [1.29, 1.82) is 0 Å². The van der Waals surface area contributed by atoms with E-state index in [9.17, 15) is 4.39 Å². The molecule has 3 nitrogen and oxygen atoms in total. The molecule has 0 saturated carbocycles. The molecule has 0 amide bonds. The average molecular weight is 371 g/mol. The van der Waals surface area contributed by atoms with Crippen molar-refractivity contribution in [2.24, 2.45) is 0 Å². The number of ether oxygens (including phenoxy) is 1. The highest BCUT2D eigenvalue weighted by Gasteiger charge is 2.14. The molecule has 0 aliphatic rings. The largest absolute Gasteiger partial charge is 0.361 e. The standard InChI is InChI=1S/C15H20BrFN2OSi/c1-21(2,3)9-8-20-11-19-10-18-15(16)14(19)12-4-6-13(17)7-5-12/h4-7,10H,8-9,11H2,1-3H3. The lowest BCUT2D eigenvalue weighted by atomic mass is 10.2. The van der Waals surface area contributed by atoms with Gasteiger partial charge in [-0.25, -0.2) is 9.37 Å². The van der Waals surface area contributed by atoms with Gasteiger partial charge in [-0.3, -0.25) is 0 Å². The minimum atomic E-state index is -1.07. The molecule has 0 saturated heterocycles. The van der Waals surface area contributed by atoms with Gasteiger partial charge in [0, 0.05) is 20.2 Å². The van der Waals surface area contributed by atoms with Crippen molar-refractivity contribution in [2.45, 2.75) is 32.4 Å². The Hall–Kier alpha value is -0.983. The lowest BCUT2D eigenvalue weighted by Gasteiger charge is -2.16. The topological polar surface area (TPSA) is 27.1 Å². The molecule has 0 bridgehead atoms. The lowest BCUT2D eigenvalue weighted by molar-refractivity contribution is 0.0881. The predicted molar refractivity (Wildman–Crippen MR) is 89.4 cm³/mol. The molecule has 0 fully saturated rings. The number of benzene rings is 1. The minimum Gasteiger partial charge on any atom is -0.361 e. The maximum atomic E-state index is 13.0. The van der Waals surface area contributed by atoms with Crippen LogP contribution in [0.25, 0.3) is 11.3 Å². The lowest BCUT2D eigenvalue weighted by Crippen LogP contribution is -2.22. The predicted octanol–water partition coefficient (Wildman–Crippen LogP) is 4.76. The number of imidazole rings is 1. The fourth-order valence-corrected chi connectivity index (χ4v) is 3.19. The molecule has 0 N–H and O–H groups in total. The Balaban J connectivity index is 2.06. The van der Waals surface area contributed by atoms with Crippen LogP contribution < -0.4 is 0 Å². The van der Waals surface area contributed by atoms with E-state index in [2.05, 4.69) is 40.6 Å². The van der Waals surface area contributed by atoms with Gasteiger partial charge in [-0.1, -0.05) is 19.6 Å². The SMILES string of the molecule is C[Si](C)(C)CCOCn1cnc(Br)c1-c1ccc(F)cc1. The van der Waals surface area contributed by atoms with Gasteiger partial charge in [0.2, 0.25) is 0 Å². The molecular formula is C15H20BrFN2OSi. The first-order valence-electron chi connectivity index (χ1n) is 6.91. The minimum absolute atomic E-state index is 0.243. The molecule has 0 atom stereocenters. The third-order valence-corrected chi connectivity index (χ3v) is 5.42. The van der Waals surface area contributed by atoms with Gasteiger partial charge in [0.1, 0.15) is 17.2 Å². The van der Waals surface area contributed by atoms with Gasteiger partial charge < -0.3 is 9.30 Å². The molecule has 6 heteroatoms. The van der Waals surface area contributed by atoms with Gasteiger partial charge in [0.25, 0.3) is 0 Å². The van der Waals surface area contributed by atoms with Crippen LogP contribution in [-0.2, 0) is 11.5 Å². The van der Waals surface area contributed by atoms with Gasteiger partial charge in [-0.2, -0.15) is 0 Å². The normalized spacial score (nSPS) is 11.9. The van der Waals surface area contributed by atoms with Crippen molar-refractivity contribution in [3.8, 4) is 11.3 Å². The van der Waals surface area contributed by atoms with Crippen LogP contribution in [0.2, 0.25) is 25.7 Å². The molecule has 1 heterocycles. The van der Waals surface area contributed by atoms with Crippen LogP contribution in [-0.4, -0.2) is 24.2 Å². The van der Waals surface area contributed by atoms with E-state index in [1.165, 1.54) is 12.1 Å². The Morgan fingerprint density at radius 3 is 2.52 bits per heavy atom. The summed E-state index contributed by atoms with van der Waals surface area (Å²) in [7, 11) is -1.07. The number of rotatable bonds is 6. The average Bonchev–Trinajstić information content (AvgIpc) is 2.76. The summed E-state index contributed by atoms with van der Waals surface area (Å²) in [6.45, 7) is 8.19. The summed E-state index contributed by atoms with van der Waals surface area (Å²) in [5.41, 5.74) is 1.82. The molecule has 2 aromatic rings. The molecule has 114 valence electrons. The van der Waals surface area contributed by atoms with E-state index >= 15 is 0 Å². The second-order valence-electron chi connectivity index (χ2n) is 6.21. The number of halogens is 2. The van der Waals surface area contributed by atoms with Crippen molar-refractivity contribution < 1.29 is 9.13 Å². The Kier molecular flexibility index (Phi) is 5.35. The van der Waals surface area contributed by atoms with Gasteiger partial charge in [0.15, 0.2) is 0 Å². The zero-order valence-corrected chi connectivity index (χ0v) is 15.2. The van der Waals surface area contributed by atoms with Crippen LogP contribution in [0.4, 0.5) is 4.39 Å². The van der Waals surface area contributed by atoms with E-state index in [1.54, 1.807) is 18.5 Å². The zero-order valence-electron chi connectivity index (χ0n) is 12.6. The van der Waals surface area contributed by atoms with E-state index in [-0.39, 0.29) is 5.82 Å². The van der Waals surface area contributed by atoms with Gasteiger partial charge >= 0.3 is 0 Å². The number of aromatic nitrogens is 2. The third kappa shape index (κ3) is 4.76. The van der Waals surface area contributed by atoms with Gasteiger partial charge in [-0.05, 0) is 46.2 Å². The van der Waals surface area contributed by atoms with Crippen LogP contribution in [0.3, 0.4) is 0 Å². The molecule has 0 radical (unpaired) electrons. The highest BCUT2D eigenvalue weighted by Crippen LogP contribution is 2.27. The molecule has 0 unspecified atom stereocenters. The van der Waals surface area contributed by atoms with Crippen LogP contribution in [0.15, 0.2) is 35.2 Å². The molecule has 1 aromatic heterocycles. The first kappa shape index (κ1) is 16.4. The maximum Gasteiger partial charge on any atom is 0.132 e. The summed E-state index contributed by atoms with van der Waals surface area (Å²) in [5.74, 6) is -0.243. The molecule has 1 aromatic carbocycles. The Bertz CT molecular complexity index is 593. The van der Waals surface area contributed by atoms with Crippen molar-refractivity contribution in [2.75, 3.05) is 6.61 Å². The summed E-state index contributed by atoms with van der Waals surface area (Å²) in [6.07, 6.45) is 1.73. The van der Waals surface area contributed by atoms with Crippen molar-refractivity contribution >= 4 is 24.0 Å². The smallest absolute Gasteiger partial charge is 0.132 e. The second kappa shape index (κ2) is 6.85. The molecule has 0 aliphatic carbocycles. The van der Waals surface area contributed by atoms with Crippen LogP contribution >= 0.6 is 15.9 Å². The van der Waals surface area contributed by atoms with Crippen molar-refractivity contribution in [1.82, 2.24) is 9.55 Å². The van der Waals surface area contributed by atoms with Crippen molar-refractivity contribution in [3.05, 3.63) is 41.0 Å². The Labute approximate surface area is 134 Å². The molecule has 0 spiro atoms. The quantitative estimate of drug-likeness (QED) is 0.541. The zero-order chi connectivity index (χ0) is 15.5. The molecule has 2 rings (SSSR count). The number of hydrogen-bond acceptors (Lipinski definition) is 2. The third-order valence-electron chi connectivity index (χ3n) is 3.14. The van der Waals surface area contributed by atoms with Gasteiger partial charge in [-0.15, -0.1) is 0 Å². The van der Waals surface area contributed by atoms with E-state index in [0.29, 0.717) is 6.73 Å². The number of hydrogen-bond donors (Lipinski definition) is 0. The first-order chi connectivity index (χ1) is 9.87. The summed E-state index contributed by atoms with van der Waals surface area (Å²) in [6, 6.07) is 7.52. The fourth-order valence-electron chi connectivity index (χ4n) is 1.89. The Morgan fingerprint density at radius 1 is 1.24 bits per heavy atom. The summed E-state index contributed by atoms with van der Waals surface area (Å²) < 4.78 is 21.5. The maximum absolute atomic E-state index is 13.0. The fraction of sp³-hybridized carbons (Fsp3) is 0.400. The molecular weight excluding hydrogens is 351 g/mol. The Morgan fingerprint density at radius 2 is 1.90 bits per heavy atom. The van der Waals surface area contributed by atoms with E-state index in [4.69, 9.17) is 4.74 Å². The second-order valence-corrected chi connectivity index (χ2v) is 12.6. The van der Waals surface area contributed by atoms with E-state index in [1.807, 2.05) is 4.57 Å². The summed E-state index contributed by atoms with van der Waals surface area (Å²) >= 11 is 3.44. The first-order valence-corrected chi connectivity index (χ1v) is 11.4. The van der Waals surface area contributed by atoms with Crippen molar-refractivity contribution in [3.63, 3.8) is 0 Å². The molecule has 0 aliphatic heterocycles.